The molecule has 1 aliphatic rings. The van der Waals surface area contributed by atoms with Gasteiger partial charge in [-0.15, -0.1) is 0 Å². The molecule has 0 bridgehead atoms. The van der Waals surface area contributed by atoms with Crippen molar-refractivity contribution in [2.45, 2.75) is 6.42 Å². The predicted molar refractivity (Wildman–Crippen MR) is 95.0 cm³/mol. The number of rotatable bonds is 2. The fourth-order valence-corrected chi connectivity index (χ4v) is 3.21. The minimum absolute atomic E-state index is 0.116. The maximum Gasteiger partial charge on any atom is 0.253 e. The first-order valence-corrected chi connectivity index (χ1v) is 8.39. The summed E-state index contributed by atoms with van der Waals surface area (Å²) in [6, 6.07) is 15.9. The van der Waals surface area contributed by atoms with Gasteiger partial charge >= 0.3 is 0 Å². The summed E-state index contributed by atoms with van der Waals surface area (Å²) in [5.41, 5.74) is 3.78. The van der Waals surface area contributed by atoms with Gasteiger partial charge in [0.15, 0.2) is 0 Å². The second kappa shape index (κ2) is 6.49. The van der Waals surface area contributed by atoms with Crippen molar-refractivity contribution in [2.75, 3.05) is 26.2 Å². The number of hydrogen-bond donors (Lipinski definition) is 1. The number of benzene rings is 2. The second-order valence-corrected chi connectivity index (χ2v) is 6.15. The molecule has 1 aliphatic heterocycles. The highest BCUT2D eigenvalue weighted by Gasteiger charge is 2.17. The molecule has 24 heavy (non-hydrogen) atoms. The molecular weight excluding hydrogens is 300 g/mol. The molecule has 0 unspecified atom stereocenters. The first-order valence-electron chi connectivity index (χ1n) is 8.39. The molecule has 4 rings (SSSR count). The summed E-state index contributed by atoms with van der Waals surface area (Å²) in [7, 11) is 0. The van der Waals surface area contributed by atoms with Gasteiger partial charge in [-0.05, 0) is 54.4 Å². The number of hydrogen-bond acceptors (Lipinski definition) is 3. The van der Waals surface area contributed by atoms with Gasteiger partial charge in [0.05, 0.1) is 6.26 Å². The van der Waals surface area contributed by atoms with E-state index in [1.807, 2.05) is 47.4 Å². The normalized spacial score (nSPS) is 15.4. The Balaban J connectivity index is 1.63. The van der Waals surface area contributed by atoms with Crippen LogP contribution in [0.15, 0.2) is 59.2 Å². The Bertz CT molecular complexity index is 861. The number of fused-ring (bicyclic) bond motifs is 1. The molecule has 0 radical (unpaired) electrons. The van der Waals surface area contributed by atoms with Gasteiger partial charge in [0.1, 0.15) is 5.58 Å². The first kappa shape index (κ1) is 15.0. The van der Waals surface area contributed by atoms with Crippen LogP contribution in [0, 0.1) is 0 Å². The van der Waals surface area contributed by atoms with Crippen LogP contribution in [0.2, 0.25) is 0 Å². The Labute approximate surface area is 141 Å². The van der Waals surface area contributed by atoms with Gasteiger partial charge in [-0.3, -0.25) is 4.79 Å². The van der Waals surface area contributed by atoms with E-state index in [2.05, 4.69) is 11.4 Å². The standard InChI is InChI=1S/C20H20N2O2/c23-20(22-10-2-8-21-9-11-22)18-4-1-3-15(14-18)16-5-6-19-17(13-16)7-12-24-19/h1,3-7,12-14,21H,2,8-11H2. The zero-order valence-electron chi connectivity index (χ0n) is 13.5. The number of amides is 1. The molecule has 0 saturated carbocycles. The zero-order chi connectivity index (χ0) is 16.4. The number of nitrogens with one attached hydrogen (secondary N) is 1. The van der Waals surface area contributed by atoms with Gasteiger partial charge in [-0.2, -0.15) is 0 Å². The molecule has 2 aromatic carbocycles. The molecule has 2 heterocycles. The molecule has 1 N–H and O–H groups in total. The van der Waals surface area contributed by atoms with Crippen LogP contribution in [0.4, 0.5) is 0 Å². The fraction of sp³-hybridized carbons (Fsp3) is 0.250. The molecule has 1 saturated heterocycles. The lowest BCUT2D eigenvalue weighted by atomic mass is 10.0. The Morgan fingerprint density at radius 1 is 1.00 bits per heavy atom. The third kappa shape index (κ3) is 2.93. The van der Waals surface area contributed by atoms with Crippen LogP contribution >= 0.6 is 0 Å². The summed E-state index contributed by atoms with van der Waals surface area (Å²) in [5.74, 6) is 0.116. The van der Waals surface area contributed by atoms with Gasteiger partial charge in [-0.1, -0.05) is 18.2 Å². The molecule has 1 amide bonds. The smallest absolute Gasteiger partial charge is 0.253 e. The Morgan fingerprint density at radius 2 is 1.92 bits per heavy atom. The maximum atomic E-state index is 12.8. The van der Waals surface area contributed by atoms with Crippen LogP contribution in [-0.4, -0.2) is 37.0 Å². The minimum atomic E-state index is 0.116. The maximum absolute atomic E-state index is 12.8. The van der Waals surface area contributed by atoms with Crippen molar-refractivity contribution in [3.63, 3.8) is 0 Å². The largest absolute Gasteiger partial charge is 0.464 e. The van der Waals surface area contributed by atoms with Crippen LogP contribution in [0.25, 0.3) is 22.1 Å². The summed E-state index contributed by atoms with van der Waals surface area (Å²) in [6.07, 6.45) is 2.70. The van der Waals surface area contributed by atoms with E-state index < -0.39 is 0 Å². The highest BCUT2D eigenvalue weighted by atomic mass is 16.3. The molecule has 4 nitrogen and oxygen atoms in total. The van der Waals surface area contributed by atoms with Crippen molar-refractivity contribution < 1.29 is 9.21 Å². The highest BCUT2D eigenvalue weighted by Crippen LogP contribution is 2.26. The summed E-state index contributed by atoms with van der Waals surface area (Å²) in [4.78, 5) is 14.7. The lowest BCUT2D eigenvalue weighted by Gasteiger charge is -2.20. The summed E-state index contributed by atoms with van der Waals surface area (Å²) in [5, 5.41) is 4.40. The van der Waals surface area contributed by atoms with Crippen LogP contribution in [0.3, 0.4) is 0 Å². The number of furan rings is 1. The zero-order valence-corrected chi connectivity index (χ0v) is 13.5. The summed E-state index contributed by atoms with van der Waals surface area (Å²) >= 11 is 0. The van der Waals surface area contributed by atoms with E-state index in [9.17, 15) is 4.79 Å². The molecular formula is C20H20N2O2. The van der Waals surface area contributed by atoms with Crippen molar-refractivity contribution in [3.8, 4) is 11.1 Å². The third-order valence-electron chi connectivity index (χ3n) is 4.52. The Morgan fingerprint density at radius 3 is 2.88 bits per heavy atom. The summed E-state index contributed by atoms with van der Waals surface area (Å²) < 4.78 is 5.40. The molecule has 0 atom stereocenters. The fourth-order valence-electron chi connectivity index (χ4n) is 3.21. The van der Waals surface area contributed by atoms with Gasteiger partial charge in [0.2, 0.25) is 0 Å². The van der Waals surface area contributed by atoms with E-state index >= 15 is 0 Å². The first-order chi connectivity index (χ1) is 11.8. The van der Waals surface area contributed by atoms with Crippen molar-refractivity contribution >= 4 is 16.9 Å². The highest BCUT2D eigenvalue weighted by molar-refractivity contribution is 5.96. The second-order valence-electron chi connectivity index (χ2n) is 6.15. The average Bonchev–Trinajstić information content (AvgIpc) is 2.93. The number of carbonyl (C=O) groups excluding carboxylic acids is 1. The van der Waals surface area contributed by atoms with Crippen molar-refractivity contribution in [3.05, 3.63) is 60.4 Å². The number of carbonyl (C=O) groups is 1. The molecule has 0 spiro atoms. The van der Waals surface area contributed by atoms with E-state index in [0.29, 0.717) is 0 Å². The molecule has 3 aromatic rings. The van der Waals surface area contributed by atoms with Crippen molar-refractivity contribution in [1.82, 2.24) is 10.2 Å². The SMILES string of the molecule is O=C(c1cccc(-c2ccc3occc3c2)c1)N1CCCNCC1. The lowest BCUT2D eigenvalue weighted by molar-refractivity contribution is 0.0766. The quantitative estimate of drug-likeness (QED) is 0.785. The summed E-state index contributed by atoms with van der Waals surface area (Å²) in [6.45, 7) is 3.43. The van der Waals surface area contributed by atoms with Gasteiger partial charge in [-0.25, -0.2) is 0 Å². The van der Waals surface area contributed by atoms with Crippen LogP contribution in [0.1, 0.15) is 16.8 Å². The predicted octanol–water partition coefficient (Wildman–Crippen LogP) is 3.54. The lowest BCUT2D eigenvalue weighted by Crippen LogP contribution is -2.34. The number of nitrogens with zero attached hydrogens (tertiary/aromatic N) is 1. The van der Waals surface area contributed by atoms with E-state index in [-0.39, 0.29) is 5.91 Å². The van der Waals surface area contributed by atoms with Gasteiger partial charge in [0.25, 0.3) is 5.91 Å². The topological polar surface area (TPSA) is 45.5 Å². The van der Waals surface area contributed by atoms with Gasteiger partial charge in [0, 0.05) is 30.6 Å². The molecule has 122 valence electrons. The van der Waals surface area contributed by atoms with Crippen LogP contribution in [0.5, 0.6) is 0 Å². The molecule has 0 aliphatic carbocycles. The van der Waals surface area contributed by atoms with Gasteiger partial charge < -0.3 is 14.6 Å². The Kier molecular flexibility index (Phi) is 4.05. The van der Waals surface area contributed by atoms with Crippen LogP contribution < -0.4 is 5.32 Å². The average molecular weight is 320 g/mol. The van der Waals surface area contributed by atoms with Crippen LogP contribution in [-0.2, 0) is 0 Å². The van der Waals surface area contributed by atoms with E-state index in [4.69, 9.17) is 4.42 Å². The minimum Gasteiger partial charge on any atom is -0.464 e. The third-order valence-corrected chi connectivity index (χ3v) is 4.52. The Hall–Kier alpha value is -2.59. The van der Waals surface area contributed by atoms with E-state index in [0.717, 1.165) is 60.3 Å². The molecule has 4 heteroatoms. The van der Waals surface area contributed by atoms with Crippen molar-refractivity contribution in [2.24, 2.45) is 0 Å². The molecule has 1 aromatic heterocycles. The van der Waals surface area contributed by atoms with E-state index in [1.165, 1.54) is 0 Å². The monoisotopic (exact) mass is 320 g/mol. The molecule has 1 fully saturated rings. The van der Waals surface area contributed by atoms with Crippen molar-refractivity contribution in [1.29, 1.82) is 0 Å². The van der Waals surface area contributed by atoms with E-state index in [1.54, 1.807) is 6.26 Å².